The molecular formula is C20H25NO4S. The van der Waals surface area contributed by atoms with Crippen LogP contribution in [0.3, 0.4) is 0 Å². The molecule has 2 unspecified atom stereocenters. The van der Waals surface area contributed by atoms with E-state index >= 15 is 0 Å². The molecule has 0 saturated heterocycles. The molecule has 4 bridgehead atoms. The Morgan fingerprint density at radius 1 is 1.23 bits per heavy atom. The van der Waals surface area contributed by atoms with Gasteiger partial charge in [-0.05, 0) is 68.7 Å². The van der Waals surface area contributed by atoms with E-state index in [0.29, 0.717) is 18.3 Å². The van der Waals surface area contributed by atoms with E-state index < -0.39 is 11.0 Å². The van der Waals surface area contributed by atoms with Gasteiger partial charge in [-0.3, -0.25) is 9.59 Å². The second-order valence-corrected chi connectivity index (χ2v) is 9.14. The van der Waals surface area contributed by atoms with Crippen molar-refractivity contribution < 1.29 is 19.4 Å². The zero-order valence-electron chi connectivity index (χ0n) is 15.0. The highest BCUT2D eigenvalue weighted by molar-refractivity contribution is 7.98. The van der Waals surface area contributed by atoms with Crippen LogP contribution in [0.1, 0.15) is 38.5 Å². The molecule has 0 spiro atoms. The summed E-state index contributed by atoms with van der Waals surface area (Å²) in [5.74, 6) is 0.189. The molecule has 0 aromatic heterocycles. The molecule has 6 heteroatoms. The van der Waals surface area contributed by atoms with Gasteiger partial charge in [0.25, 0.3) is 5.91 Å². The molecular weight excluding hydrogens is 350 g/mol. The lowest BCUT2D eigenvalue weighted by Crippen LogP contribution is -2.58. The highest BCUT2D eigenvalue weighted by Gasteiger charge is 2.60. The van der Waals surface area contributed by atoms with Crippen molar-refractivity contribution in [3.05, 3.63) is 24.3 Å². The van der Waals surface area contributed by atoms with Gasteiger partial charge >= 0.3 is 5.97 Å². The first kappa shape index (κ1) is 17.9. The number of nitrogens with one attached hydrogen (secondary N) is 1. The van der Waals surface area contributed by atoms with Gasteiger partial charge in [-0.15, -0.1) is 11.8 Å². The lowest BCUT2D eigenvalue weighted by molar-refractivity contribution is -0.196. The Balaban J connectivity index is 1.37. The van der Waals surface area contributed by atoms with Gasteiger partial charge in [-0.1, -0.05) is 12.1 Å². The summed E-state index contributed by atoms with van der Waals surface area (Å²) in [6.07, 6.45) is 6.76. The molecule has 2 N–H and O–H groups in total. The Morgan fingerprint density at radius 2 is 1.92 bits per heavy atom. The summed E-state index contributed by atoms with van der Waals surface area (Å²) in [4.78, 5) is 26.0. The molecule has 1 aromatic carbocycles. The highest BCUT2D eigenvalue weighted by Crippen LogP contribution is 2.61. The fraction of sp³-hybridized carbons (Fsp3) is 0.600. The SMILES string of the molecule is CSc1ccccc1NC(=O)COC(=O)C12C[C@@H]3C[C@@H](CC(O)(C3)C1)C2. The largest absolute Gasteiger partial charge is 0.455 e. The number of amides is 1. The average Bonchev–Trinajstić information content (AvgIpc) is 2.58. The Hall–Kier alpha value is -1.53. The van der Waals surface area contributed by atoms with Crippen molar-refractivity contribution in [3.63, 3.8) is 0 Å². The van der Waals surface area contributed by atoms with E-state index in [1.165, 1.54) is 0 Å². The standard InChI is InChI=1S/C20H25NO4S/c1-26-16-5-3-2-4-15(16)21-17(22)11-25-18(23)19-7-13-6-14(8-19)10-20(24,9-13)12-19/h2-5,13-14,24H,6-12H2,1H3,(H,21,22)/t13-,14+,19?,20?. The van der Waals surface area contributed by atoms with Crippen LogP contribution < -0.4 is 5.32 Å². The lowest BCUT2D eigenvalue weighted by atomic mass is 9.48. The Bertz CT molecular complexity index is 720. The number of thioether (sulfide) groups is 1. The third-order valence-corrected chi connectivity index (χ3v) is 6.97. The lowest BCUT2D eigenvalue weighted by Gasteiger charge is -2.58. The molecule has 0 radical (unpaired) electrons. The zero-order valence-corrected chi connectivity index (χ0v) is 15.8. The number of hydrogen-bond donors (Lipinski definition) is 2. The Kier molecular flexibility index (Phi) is 4.51. The number of para-hydroxylation sites is 1. The molecule has 4 saturated carbocycles. The third kappa shape index (κ3) is 3.25. The van der Waals surface area contributed by atoms with E-state index in [9.17, 15) is 14.7 Å². The number of esters is 1. The predicted octanol–water partition coefficient (Wildman–Crippen LogP) is 3.22. The first-order chi connectivity index (χ1) is 12.4. The van der Waals surface area contributed by atoms with E-state index in [4.69, 9.17) is 4.74 Å². The highest BCUT2D eigenvalue weighted by atomic mass is 32.2. The molecule has 4 aliphatic carbocycles. The minimum atomic E-state index is -0.706. The van der Waals surface area contributed by atoms with E-state index in [1.807, 2.05) is 30.5 Å². The number of hydrogen-bond acceptors (Lipinski definition) is 5. The van der Waals surface area contributed by atoms with E-state index in [-0.39, 0.29) is 18.5 Å². The molecule has 0 heterocycles. The number of anilines is 1. The van der Waals surface area contributed by atoms with Crippen LogP contribution in [0.25, 0.3) is 0 Å². The smallest absolute Gasteiger partial charge is 0.312 e. The van der Waals surface area contributed by atoms with Crippen LogP contribution >= 0.6 is 11.8 Å². The number of aliphatic hydroxyl groups is 1. The van der Waals surface area contributed by atoms with E-state index in [2.05, 4.69) is 5.32 Å². The second kappa shape index (κ2) is 6.57. The van der Waals surface area contributed by atoms with Crippen LogP contribution in [0, 0.1) is 17.3 Å². The van der Waals surface area contributed by atoms with Gasteiger partial charge < -0.3 is 15.2 Å². The molecule has 5 nitrogen and oxygen atoms in total. The summed E-state index contributed by atoms with van der Waals surface area (Å²) < 4.78 is 5.41. The van der Waals surface area contributed by atoms with Gasteiger partial charge in [0.05, 0.1) is 16.7 Å². The summed E-state index contributed by atoms with van der Waals surface area (Å²) in [6.45, 7) is -0.281. The van der Waals surface area contributed by atoms with Crippen molar-refractivity contribution in [3.8, 4) is 0 Å². The summed E-state index contributed by atoms with van der Waals surface area (Å²) in [5.41, 5.74) is -0.566. The van der Waals surface area contributed by atoms with Crippen LogP contribution in [0.2, 0.25) is 0 Å². The monoisotopic (exact) mass is 375 g/mol. The molecule has 1 amide bonds. The second-order valence-electron chi connectivity index (χ2n) is 8.29. The molecule has 4 atom stereocenters. The molecule has 5 rings (SSSR count). The van der Waals surface area contributed by atoms with Gasteiger partial charge in [-0.2, -0.15) is 0 Å². The molecule has 1 aromatic rings. The summed E-state index contributed by atoms with van der Waals surface area (Å²) in [6, 6.07) is 7.54. The van der Waals surface area contributed by atoms with Crippen molar-refractivity contribution in [1.82, 2.24) is 0 Å². The van der Waals surface area contributed by atoms with Gasteiger partial charge in [-0.25, -0.2) is 0 Å². The van der Waals surface area contributed by atoms with E-state index in [1.54, 1.807) is 11.8 Å². The first-order valence-electron chi connectivity index (χ1n) is 9.24. The van der Waals surface area contributed by atoms with Crippen molar-refractivity contribution in [1.29, 1.82) is 0 Å². The third-order valence-electron chi connectivity index (χ3n) is 6.18. The minimum absolute atomic E-state index is 0.281. The van der Waals surface area contributed by atoms with Crippen LogP contribution in [0.15, 0.2) is 29.2 Å². The zero-order chi connectivity index (χ0) is 18.4. The first-order valence-corrected chi connectivity index (χ1v) is 10.5. The van der Waals surface area contributed by atoms with Gasteiger partial charge in [0, 0.05) is 4.90 Å². The molecule has 26 heavy (non-hydrogen) atoms. The summed E-state index contributed by atoms with van der Waals surface area (Å²) >= 11 is 1.55. The van der Waals surface area contributed by atoms with Crippen molar-refractivity contribution in [2.75, 3.05) is 18.2 Å². The molecule has 4 fully saturated rings. The van der Waals surface area contributed by atoms with Crippen molar-refractivity contribution >= 4 is 29.3 Å². The predicted molar refractivity (Wildman–Crippen MR) is 99.9 cm³/mol. The molecule has 4 aliphatic rings. The number of ether oxygens (including phenoxy) is 1. The van der Waals surface area contributed by atoms with Crippen molar-refractivity contribution in [2.45, 2.75) is 49.0 Å². The Labute approximate surface area is 157 Å². The maximum absolute atomic E-state index is 12.8. The van der Waals surface area contributed by atoms with Gasteiger partial charge in [0.15, 0.2) is 6.61 Å². The minimum Gasteiger partial charge on any atom is -0.455 e. The summed E-state index contributed by atoms with van der Waals surface area (Å²) in [7, 11) is 0. The quantitative estimate of drug-likeness (QED) is 0.610. The number of carbonyl (C=O) groups excluding carboxylic acids is 2. The van der Waals surface area contributed by atoms with E-state index in [0.717, 1.165) is 42.7 Å². The normalized spacial score (nSPS) is 34.5. The van der Waals surface area contributed by atoms with Crippen LogP contribution in [-0.4, -0.2) is 35.4 Å². The van der Waals surface area contributed by atoms with Crippen molar-refractivity contribution in [2.24, 2.45) is 17.3 Å². The fourth-order valence-corrected chi connectivity index (χ4v) is 6.23. The van der Waals surface area contributed by atoms with Gasteiger partial charge in [0.1, 0.15) is 0 Å². The molecule has 140 valence electrons. The fourth-order valence-electron chi connectivity index (χ4n) is 5.67. The number of benzene rings is 1. The van der Waals surface area contributed by atoms with Crippen LogP contribution in [-0.2, 0) is 14.3 Å². The number of carbonyl (C=O) groups is 2. The average molecular weight is 375 g/mol. The van der Waals surface area contributed by atoms with Gasteiger partial charge in [0.2, 0.25) is 0 Å². The maximum atomic E-state index is 12.8. The topological polar surface area (TPSA) is 75.6 Å². The maximum Gasteiger partial charge on any atom is 0.312 e. The Morgan fingerprint density at radius 3 is 2.58 bits per heavy atom. The number of rotatable bonds is 5. The van der Waals surface area contributed by atoms with Crippen LogP contribution in [0.5, 0.6) is 0 Å². The summed E-state index contributed by atoms with van der Waals surface area (Å²) in [5, 5.41) is 13.6. The van der Waals surface area contributed by atoms with Crippen LogP contribution in [0.4, 0.5) is 5.69 Å². The molecule has 0 aliphatic heterocycles.